The summed E-state index contributed by atoms with van der Waals surface area (Å²) in [5.41, 5.74) is 2.21. The Bertz CT molecular complexity index is 476. The van der Waals surface area contributed by atoms with Gasteiger partial charge in [-0.25, -0.2) is 0 Å². The number of aliphatic hydroxyl groups excluding tert-OH is 1. The van der Waals surface area contributed by atoms with Crippen LogP contribution in [0.5, 0.6) is 0 Å². The molecule has 0 heterocycles. The maximum absolute atomic E-state index is 10.7. The van der Waals surface area contributed by atoms with Crippen LogP contribution >= 0.6 is 0 Å². The van der Waals surface area contributed by atoms with Gasteiger partial charge in [-0.15, -0.1) is 0 Å². The van der Waals surface area contributed by atoms with Crippen molar-refractivity contribution < 1.29 is 5.11 Å². The molecule has 0 aliphatic rings. The summed E-state index contributed by atoms with van der Waals surface area (Å²) in [5, 5.41) is 10.7. The highest BCUT2D eigenvalue weighted by molar-refractivity contribution is 5.26. The van der Waals surface area contributed by atoms with Gasteiger partial charge in [-0.3, -0.25) is 0 Å². The molecule has 0 saturated heterocycles. The van der Waals surface area contributed by atoms with E-state index in [1.807, 2.05) is 48.5 Å². The van der Waals surface area contributed by atoms with E-state index >= 15 is 0 Å². The summed E-state index contributed by atoms with van der Waals surface area (Å²) in [5.74, 6) is 0.715. The van der Waals surface area contributed by atoms with Crippen molar-refractivity contribution in [1.29, 1.82) is 0 Å². The van der Waals surface area contributed by atoms with Crippen molar-refractivity contribution >= 4 is 0 Å². The smallest absolute Gasteiger partial charge is 0.0858 e. The minimum absolute atomic E-state index is 0.156. The summed E-state index contributed by atoms with van der Waals surface area (Å²) in [7, 11) is 0. The van der Waals surface area contributed by atoms with Crippen LogP contribution in [0.1, 0.15) is 43.4 Å². The molecule has 1 heteroatoms. The van der Waals surface area contributed by atoms with Crippen LogP contribution in [0.15, 0.2) is 60.7 Å². The first kappa shape index (κ1) is 13.8. The number of hydrogen-bond donors (Lipinski definition) is 1. The average Bonchev–Trinajstić information content (AvgIpc) is 2.46. The summed E-state index contributed by atoms with van der Waals surface area (Å²) < 4.78 is 0. The second kappa shape index (κ2) is 6.53. The Morgan fingerprint density at radius 3 is 1.74 bits per heavy atom. The van der Waals surface area contributed by atoms with Crippen LogP contribution < -0.4 is 0 Å². The molecule has 0 aromatic heterocycles. The van der Waals surface area contributed by atoms with Gasteiger partial charge < -0.3 is 5.11 Å². The molecule has 1 N–H and O–H groups in total. The Labute approximate surface area is 115 Å². The maximum atomic E-state index is 10.7. The Kier molecular flexibility index (Phi) is 4.75. The van der Waals surface area contributed by atoms with Crippen LogP contribution in [-0.2, 0) is 0 Å². The van der Waals surface area contributed by atoms with E-state index in [0.717, 1.165) is 12.0 Å². The minimum Gasteiger partial charge on any atom is -0.388 e. The van der Waals surface area contributed by atoms with Gasteiger partial charge in [0, 0.05) is 5.92 Å². The molecule has 0 spiro atoms. The number of hydrogen-bond acceptors (Lipinski definition) is 1. The van der Waals surface area contributed by atoms with Crippen LogP contribution in [0, 0.1) is 5.92 Å². The molecule has 2 atom stereocenters. The molecular formula is C18H22O. The molecule has 0 aliphatic carbocycles. The Morgan fingerprint density at radius 1 is 0.789 bits per heavy atom. The lowest BCUT2D eigenvalue weighted by molar-refractivity contribution is 0.134. The first-order valence-electron chi connectivity index (χ1n) is 6.96. The Morgan fingerprint density at radius 2 is 1.26 bits per heavy atom. The van der Waals surface area contributed by atoms with Gasteiger partial charge in [0.2, 0.25) is 0 Å². The van der Waals surface area contributed by atoms with Crippen LogP contribution in [0.25, 0.3) is 0 Å². The van der Waals surface area contributed by atoms with Gasteiger partial charge in [0.25, 0.3) is 0 Å². The Hall–Kier alpha value is -1.60. The highest BCUT2D eigenvalue weighted by Gasteiger charge is 2.23. The fraction of sp³-hybridized carbons (Fsp3) is 0.333. The van der Waals surface area contributed by atoms with Crippen LogP contribution in [0.3, 0.4) is 0 Å². The van der Waals surface area contributed by atoms with Crippen LogP contribution in [0.2, 0.25) is 0 Å². The van der Waals surface area contributed by atoms with E-state index in [9.17, 15) is 5.11 Å². The molecule has 0 radical (unpaired) electrons. The van der Waals surface area contributed by atoms with Gasteiger partial charge in [0.15, 0.2) is 0 Å². The third-order valence-electron chi connectivity index (χ3n) is 3.48. The SMILES string of the molecule is CC(C)C[C@H](c1ccccc1)[C@@H](O)c1ccccc1. The lowest BCUT2D eigenvalue weighted by atomic mass is 9.83. The third kappa shape index (κ3) is 3.68. The van der Waals surface area contributed by atoms with Gasteiger partial charge >= 0.3 is 0 Å². The summed E-state index contributed by atoms with van der Waals surface area (Å²) in [6.45, 7) is 4.40. The van der Waals surface area contributed by atoms with E-state index in [-0.39, 0.29) is 5.92 Å². The lowest BCUT2D eigenvalue weighted by Gasteiger charge is -2.25. The molecule has 2 aromatic carbocycles. The predicted molar refractivity (Wildman–Crippen MR) is 80.0 cm³/mol. The van der Waals surface area contributed by atoms with E-state index in [1.54, 1.807) is 0 Å². The standard InChI is InChI=1S/C18H22O/c1-14(2)13-17(15-9-5-3-6-10-15)18(19)16-11-7-4-8-12-16/h3-12,14,17-19H,13H2,1-2H3/t17-,18+/m1/s1. The van der Waals surface area contributed by atoms with Crippen molar-refractivity contribution in [2.45, 2.75) is 32.3 Å². The van der Waals surface area contributed by atoms with Crippen LogP contribution in [-0.4, -0.2) is 5.11 Å². The Balaban J connectivity index is 2.28. The normalized spacial score (nSPS) is 14.3. The zero-order valence-corrected chi connectivity index (χ0v) is 11.7. The van der Waals surface area contributed by atoms with Gasteiger partial charge in [-0.05, 0) is 23.5 Å². The van der Waals surface area contributed by atoms with Crippen molar-refractivity contribution in [2.24, 2.45) is 5.92 Å². The predicted octanol–water partition coefficient (Wildman–Crippen LogP) is 4.55. The second-order valence-corrected chi connectivity index (χ2v) is 5.50. The molecule has 0 bridgehead atoms. The first-order chi connectivity index (χ1) is 9.18. The molecule has 0 unspecified atom stereocenters. The maximum Gasteiger partial charge on any atom is 0.0858 e. The molecule has 1 nitrogen and oxygen atoms in total. The molecule has 0 aliphatic heterocycles. The molecule has 100 valence electrons. The van der Waals surface area contributed by atoms with Gasteiger partial charge in [-0.2, -0.15) is 0 Å². The number of benzene rings is 2. The molecule has 0 amide bonds. The molecular weight excluding hydrogens is 232 g/mol. The van der Waals surface area contributed by atoms with E-state index in [2.05, 4.69) is 26.0 Å². The van der Waals surface area contributed by atoms with Crippen molar-refractivity contribution in [2.75, 3.05) is 0 Å². The molecule has 0 saturated carbocycles. The van der Waals surface area contributed by atoms with Crippen molar-refractivity contribution in [1.82, 2.24) is 0 Å². The van der Waals surface area contributed by atoms with E-state index < -0.39 is 6.10 Å². The largest absolute Gasteiger partial charge is 0.388 e. The van der Waals surface area contributed by atoms with Crippen molar-refractivity contribution in [3.63, 3.8) is 0 Å². The minimum atomic E-state index is -0.439. The molecule has 19 heavy (non-hydrogen) atoms. The summed E-state index contributed by atoms with van der Waals surface area (Å²) >= 11 is 0. The van der Waals surface area contributed by atoms with E-state index in [4.69, 9.17) is 0 Å². The monoisotopic (exact) mass is 254 g/mol. The van der Waals surface area contributed by atoms with Crippen molar-refractivity contribution in [3.05, 3.63) is 71.8 Å². The fourth-order valence-electron chi connectivity index (χ4n) is 2.54. The third-order valence-corrected chi connectivity index (χ3v) is 3.48. The highest BCUT2D eigenvalue weighted by Crippen LogP contribution is 2.35. The average molecular weight is 254 g/mol. The first-order valence-corrected chi connectivity index (χ1v) is 6.96. The second-order valence-electron chi connectivity index (χ2n) is 5.50. The zero-order chi connectivity index (χ0) is 13.7. The summed E-state index contributed by atoms with van der Waals surface area (Å²) in [6, 6.07) is 20.3. The topological polar surface area (TPSA) is 20.2 Å². The molecule has 2 aromatic rings. The summed E-state index contributed by atoms with van der Waals surface area (Å²) in [4.78, 5) is 0. The molecule has 2 rings (SSSR count). The lowest BCUT2D eigenvalue weighted by Crippen LogP contribution is -2.13. The summed E-state index contributed by atoms with van der Waals surface area (Å²) in [6.07, 6.45) is 0.547. The number of aliphatic hydroxyl groups is 1. The number of rotatable bonds is 5. The van der Waals surface area contributed by atoms with Crippen LogP contribution in [0.4, 0.5) is 0 Å². The van der Waals surface area contributed by atoms with E-state index in [1.165, 1.54) is 5.56 Å². The quantitative estimate of drug-likeness (QED) is 0.830. The fourth-order valence-corrected chi connectivity index (χ4v) is 2.54. The highest BCUT2D eigenvalue weighted by atomic mass is 16.3. The van der Waals surface area contributed by atoms with Gasteiger partial charge in [0.1, 0.15) is 0 Å². The van der Waals surface area contributed by atoms with E-state index in [0.29, 0.717) is 5.92 Å². The van der Waals surface area contributed by atoms with Gasteiger partial charge in [0.05, 0.1) is 6.10 Å². The zero-order valence-electron chi connectivity index (χ0n) is 11.7. The van der Waals surface area contributed by atoms with Crippen molar-refractivity contribution in [3.8, 4) is 0 Å². The van der Waals surface area contributed by atoms with Gasteiger partial charge in [-0.1, -0.05) is 74.5 Å². The molecule has 0 fully saturated rings.